The normalized spacial score (nSPS) is 20.1. The Hall–Kier alpha value is -1.54. The van der Waals surface area contributed by atoms with Gasteiger partial charge in [0.2, 0.25) is 20.0 Å². The van der Waals surface area contributed by atoms with Gasteiger partial charge in [0.1, 0.15) is 10.7 Å². The van der Waals surface area contributed by atoms with E-state index in [1.807, 2.05) is 0 Å². The van der Waals surface area contributed by atoms with Gasteiger partial charge in [0.15, 0.2) is 0 Å². The molecule has 0 radical (unpaired) electrons. The largest absolute Gasteiger partial charge is 0.246 e. The summed E-state index contributed by atoms with van der Waals surface area (Å²) in [6.07, 6.45) is 1.97. The van der Waals surface area contributed by atoms with Crippen LogP contribution in [0.25, 0.3) is 0 Å². The lowest BCUT2D eigenvalue weighted by molar-refractivity contribution is 0.302. The molecule has 1 atom stereocenters. The fourth-order valence-corrected chi connectivity index (χ4v) is 4.85. The van der Waals surface area contributed by atoms with Crippen LogP contribution >= 0.6 is 0 Å². The van der Waals surface area contributed by atoms with Crippen LogP contribution in [0.2, 0.25) is 0 Å². The van der Waals surface area contributed by atoms with E-state index < -0.39 is 36.8 Å². The minimum atomic E-state index is -4.09. The Morgan fingerprint density at radius 3 is 2.61 bits per heavy atom. The lowest BCUT2D eigenvalue weighted by atomic mass is 10.1. The third-order valence-corrected chi connectivity index (χ3v) is 6.10. The minimum absolute atomic E-state index is 0.0247. The Bertz CT molecular complexity index is 846. The molecule has 1 aliphatic rings. The molecule has 126 valence electrons. The van der Waals surface area contributed by atoms with E-state index in [1.165, 1.54) is 6.07 Å². The summed E-state index contributed by atoms with van der Waals surface area (Å²) in [5.74, 6) is -0.998. The van der Waals surface area contributed by atoms with Gasteiger partial charge >= 0.3 is 0 Å². The first-order valence-electron chi connectivity index (χ1n) is 6.80. The van der Waals surface area contributed by atoms with Gasteiger partial charge in [-0.05, 0) is 31.0 Å². The second-order valence-corrected chi connectivity index (χ2v) is 9.04. The summed E-state index contributed by atoms with van der Waals surface area (Å²) in [7, 11) is -7.55. The van der Waals surface area contributed by atoms with Gasteiger partial charge in [0, 0.05) is 19.1 Å². The van der Waals surface area contributed by atoms with Crippen molar-refractivity contribution in [3.63, 3.8) is 0 Å². The molecule has 0 saturated carbocycles. The van der Waals surface area contributed by atoms with Crippen LogP contribution in [0.4, 0.5) is 4.39 Å². The van der Waals surface area contributed by atoms with E-state index in [0.29, 0.717) is 12.8 Å². The lowest BCUT2D eigenvalue weighted by Crippen LogP contribution is -2.49. The number of hydrogen-bond acceptors (Lipinski definition) is 5. The number of nitrogens with one attached hydrogen (secondary N) is 1. The molecule has 1 fully saturated rings. The van der Waals surface area contributed by atoms with Crippen LogP contribution in [0.5, 0.6) is 0 Å². The number of benzene rings is 1. The maximum Gasteiger partial charge on any atom is 0.246 e. The van der Waals surface area contributed by atoms with Crippen LogP contribution in [-0.4, -0.2) is 46.5 Å². The van der Waals surface area contributed by atoms with E-state index in [4.69, 9.17) is 5.26 Å². The molecule has 7 nitrogen and oxygen atoms in total. The zero-order valence-corrected chi connectivity index (χ0v) is 14.0. The predicted molar refractivity (Wildman–Crippen MR) is 80.9 cm³/mol. The molecule has 0 aromatic heterocycles. The van der Waals surface area contributed by atoms with Crippen LogP contribution < -0.4 is 4.72 Å². The Kier molecular flexibility index (Phi) is 5.05. The highest BCUT2D eigenvalue weighted by atomic mass is 32.2. The summed E-state index contributed by atoms with van der Waals surface area (Å²) in [6, 6.07) is 4.33. The maximum absolute atomic E-state index is 14.0. The van der Waals surface area contributed by atoms with Gasteiger partial charge in [-0.2, -0.15) is 9.57 Å². The van der Waals surface area contributed by atoms with E-state index in [0.717, 1.165) is 22.7 Å². The topological polar surface area (TPSA) is 107 Å². The number of halogens is 1. The van der Waals surface area contributed by atoms with Crippen LogP contribution in [-0.2, 0) is 20.0 Å². The van der Waals surface area contributed by atoms with Crippen molar-refractivity contribution in [1.82, 2.24) is 9.03 Å². The van der Waals surface area contributed by atoms with Crippen molar-refractivity contribution in [2.24, 2.45) is 0 Å². The van der Waals surface area contributed by atoms with Gasteiger partial charge in [-0.15, -0.1) is 0 Å². The van der Waals surface area contributed by atoms with Crippen molar-refractivity contribution in [3.8, 4) is 6.07 Å². The fourth-order valence-electron chi connectivity index (χ4n) is 2.48. The Balaban J connectivity index is 2.27. The van der Waals surface area contributed by atoms with E-state index in [-0.39, 0.29) is 18.7 Å². The Morgan fingerprint density at radius 2 is 2.04 bits per heavy atom. The summed E-state index contributed by atoms with van der Waals surface area (Å²) in [6.45, 7) is 0.124. The molecular formula is C13H16FN3O4S2. The molecule has 1 aliphatic heterocycles. The van der Waals surface area contributed by atoms with Crippen molar-refractivity contribution in [3.05, 3.63) is 29.6 Å². The average Bonchev–Trinajstić information content (AvgIpc) is 2.45. The standard InChI is InChI=1S/C13H16FN3O4S2/c1-22(18,19)16-11-3-2-6-17(9-11)23(20,21)13-5-4-10(8-15)7-12(13)14/h4-5,7,11,16H,2-3,6,9H2,1H3. The maximum atomic E-state index is 14.0. The van der Waals surface area contributed by atoms with Crippen molar-refractivity contribution in [1.29, 1.82) is 5.26 Å². The van der Waals surface area contributed by atoms with Gasteiger partial charge in [0.25, 0.3) is 0 Å². The Labute approximate surface area is 134 Å². The van der Waals surface area contributed by atoms with E-state index in [1.54, 1.807) is 6.07 Å². The molecule has 2 rings (SSSR count). The quantitative estimate of drug-likeness (QED) is 0.835. The number of nitrogens with zero attached hydrogens (tertiary/aromatic N) is 2. The second kappa shape index (κ2) is 6.52. The molecule has 0 amide bonds. The van der Waals surface area contributed by atoms with Crippen LogP contribution in [0.15, 0.2) is 23.1 Å². The Morgan fingerprint density at radius 1 is 1.35 bits per heavy atom. The highest BCUT2D eigenvalue weighted by molar-refractivity contribution is 7.89. The SMILES string of the molecule is CS(=O)(=O)NC1CCCN(S(=O)(=O)c2ccc(C#N)cc2F)C1. The first kappa shape index (κ1) is 17.8. The van der Waals surface area contributed by atoms with E-state index in [2.05, 4.69) is 4.72 Å². The van der Waals surface area contributed by atoms with E-state index >= 15 is 0 Å². The molecule has 23 heavy (non-hydrogen) atoms. The first-order valence-corrected chi connectivity index (χ1v) is 10.1. The third-order valence-electron chi connectivity index (χ3n) is 3.44. The molecule has 1 saturated heterocycles. The van der Waals surface area contributed by atoms with Crippen molar-refractivity contribution in [2.75, 3.05) is 19.3 Å². The van der Waals surface area contributed by atoms with Crippen molar-refractivity contribution in [2.45, 2.75) is 23.8 Å². The summed E-state index contributed by atoms with van der Waals surface area (Å²) in [5, 5.41) is 8.71. The first-order chi connectivity index (χ1) is 10.6. The average molecular weight is 361 g/mol. The number of rotatable bonds is 4. The summed E-state index contributed by atoms with van der Waals surface area (Å²) in [4.78, 5) is -0.517. The number of hydrogen-bond donors (Lipinski definition) is 1. The number of sulfonamides is 2. The number of piperidine rings is 1. The highest BCUT2D eigenvalue weighted by Crippen LogP contribution is 2.23. The highest BCUT2D eigenvalue weighted by Gasteiger charge is 2.33. The second-order valence-electron chi connectivity index (χ2n) is 5.35. The molecule has 10 heteroatoms. The molecule has 1 N–H and O–H groups in total. The van der Waals surface area contributed by atoms with Gasteiger partial charge in [-0.25, -0.2) is 25.9 Å². The van der Waals surface area contributed by atoms with Gasteiger partial charge < -0.3 is 0 Å². The predicted octanol–water partition coefficient (Wildman–Crippen LogP) is 0.400. The lowest BCUT2D eigenvalue weighted by Gasteiger charge is -2.31. The fraction of sp³-hybridized carbons (Fsp3) is 0.462. The smallest absolute Gasteiger partial charge is 0.213 e. The minimum Gasteiger partial charge on any atom is -0.213 e. The zero-order valence-electron chi connectivity index (χ0n) is 12.4. The van der Waals surface area contributed by atoms with Crippen LogP contribution in [0.1, 0.15) is 18.4 Å². The summed E-state index contributed by atoms with van der Waals surface area (Å²) >= 11 is 0. The van der Waals surface area contributed by atoms with Gasteiger partial charge in [0.05, 0.1) is 17.9 Å². The summed E-state index contributed by atoms with van der Waals surface area (Å²) < 4.78 is 65.1. The molecular weight excluding hydrogens is 345 g/mol. The van der Waals surface area contributed by atoms with E-state index in [9.17, 15) is 21.2 Å². The molecule has 0 bridgehead atoms. The zero-order chi connectivity index (χ0) is 17.3. The van der Waals surface area contributed by atoms with Gasteiger partial charge in [-0.1, -0.05) is 0 Å². The summed E-state index contributed by atoms with van der Waals surface area (Å²) in [5.41, 5.74) is 0.0247. The molecule has 0 spiro atoms. The molecule has 0 aliphatic carbocycles. The molecule has 1 unspecified atom stereocenters. The van der Waals surface area contributed by atoms with Crippen molar-refractivity contribution >= 4 is 20.0 Å². The molecule has 1 aromatic carbocycles. The molecule has 1 heterocycles. The number of nitriles is 1. The van der Waals surface area contributed by atoms with Crippen molar-refractivity contribution < 1.29 is 21.2 Å². The third kappa shape index (κ3) is 4.26. The van der Waals surface area contributed by atoms with Crippen LogP contribution in [0.3, 0.4) is 0 Å². The monoisotopic (exact) mass is 361 g/mol. The molecule has 1 aromatic rings. The van der Waals surface area contributed by atoms with Crippen LogP contribution in [0, 0.1) is 17.1 Å². The van der Waals surface area contributed by atoms with Gasteiger partial charge in [-0.3, -0.25) is 0 Å².